The summed E-state index contributed by atoms with van der Waals surface area (Å²) in [6.07, 6.45) is 5.68. The van der Waals surface area contributed by atoms with Gasteiger partial charge in [-0.3, -0.25) is 24.1 Å². The highest BCUT2D eigenvalue weighted by Gasteiger charge is 2.37. The maximum atomic E-state index is 12.9. The van der Waals surface area contributed by atoms with E-state index in [2.05, 4.69) is 21.2 Å². The molecular formula is C26H26BrN3O5S. The van der Waals surface area contributed by atoms with Crippen LogP contribution in [0.3, 0.4) is 0 Å². The van der Waals surface area contributed by atoms with E-state index in [0.717, 1.165) is 42.3 Å². The smallest absolute Gasteiger partial charge is 0.294 e. The number of amides is 4. The van der Waals surface area contributed by atoms with Crippen LogP contribution in [-0.2, 0) is 14.4 Å². The number of hydrogen-bond donors (Lipinski definition) is 1. The summed E-state index contributed by atoms with van der Waals surface area (Å²) in [7, 11) is 0. The SMILES string of the molecule is O=C(COc1ccc(C=C2SC(=O)N(CC(=O)N3CCCCCC3)C2=O)cc1Br)Nc1ccccc1. The second kappa shape index (κ2) is 12.2. The van der Waals surface area contributed by atoms with Crippen LogP contribution in [0.1, 0.15) is 31.2 Å². The van der Waals surface area contributed by atoms with E-state index in [0.29, 0.717) is 34.6 Å². The zero-order valence-corrected chi connectivity index (χ0v) is 22.0. The summed E-state index contributed by atoms with van der Waals surface area (Å²) < 4.78 is 6.20. The lowest BCUT2D eigenvalue weighted by atomic mass is 10.2. The van der Waals surface area contributed by atoms with E-state index >= 15 is 0 Å². The van der Waals surface area contributed by atoms with E-state index in [1.165, 1.54) is 0 Å². The molecule has 2 fully saturated rings. The van der Waals surface area contributed by atoms with E-state index < -0.39 is 11.1 Å². The topological polar surface area (TPSA) is 96.0 Å². The van der Waals surface area contributed by atoms with Gasteiger partial charge in [-0.2, -0.15) is 0 Å². The molecule has 2 saturated heterocycles. The zero-order chi connectivity index (χ0) is 25.5. The van der Waals surface area contributed by atoms with Crippen LogP contribution in [0.5, 0.6) is 5.75 Å². The highest BCUT2D eigenvalue weighted by molar-refractivity contribution is 9.10. The molecule has 0 aliphatic carbocycles. The average molecular weight is 572 g/mol. The second-order valence-electron chi connectivity index (χ2n) is 8.46. The summed E-state index contributed by atoms with van der Waals surface area (Å²) in [6.45, 7) is 0.933. The molecule has 36 heavy (non-hydrogen) atoms. The standard InChI is InChI=1S/C26H26BrN3O5S/c27-20-14-18(10-11-21(20)35-17-23(31)28-19-8-4-3-5-9-19)15-22-25(33)30(26(34)36-22)16-24(32)29-12-6-1-2-7-13-29/h3-5,8-11,14-15H,1-2,6-7,12-13,16-17H2,(H,28,31). The monoisotopic (exact) mass is 571 g/mol. The van der Waals surface area contributed by atoms with Gasteiger partial charge in [-0.05, 0) is 76.4 Å². The van der Waals surface area contributed by atoms with E-state index in [1.54, 1.807) is 41.3 Å². The largest absolute Gasteiger partial charge is 0.483 e. The molecular weight excluding hydrogens is 546 g/mol. The van der Waals surface area contributed by atoms with Crippen LogP contribution in [-0.4, -0.2) is 59.0 Å². The molecule has 0 atom stereocenters. The Morgan fingerprint density at radius 1 is 1.03 bits per heavy atom. The lowest BCUT2D eigenvalue weighted by Gasteiger charge is -2.22. The molecule has 0 saturated carbocycles. The van der Waals surface area contributed by atoms with Gasteiger partial charge in [-0.1, -0.05) is 37.1 Å². The number of carbonyl (C=O) groups excluding carboxylic acids is 4. The van der Waals surface area contributed by atoms with Crippen LogP contribution in [0.4, 0.5) is 10.5 Å². The summed E-state index contributed by atoms with van der Waals surface area (Å²) in [5, 5.41) is 2.30. The fourth-order valence-corrected chi connectivity index (χ4v) is 5.28. The van der Waals surface area contributed by atoms with Crippen molar-refractivity contribution >= 4 is 62.4 Å². The fourth-order valence-electron chi connectivity index (χ4n) is 3.93. The molecule has 0 bridgehead atoms. The fraction of sp³-hybridized carbons (Fsp3) is 0.308. The van der Waals surface area contributed by atoms with Gasteiger partial charge < -0.3 is 15.0 Å². The summed E-state index contributed by atoms with van der Waals surface area (Å²) in [5.41, 5.74) is 1.36. The summed E-state index contributed by atoms with van der Waals surface area (Å²) in [6, 6.07) is 14.2. The molecule has 2 aliphatic rings. The Labute approximate surface area is 222 Å². The zero-order valence-electron chi connectivity index (χ0n) is 19.6. The number of nitrogens with one attached hydrogen (secondary N) is 1. The molecule has 1 N–H and O–H groups in total. The van der Waals surface area contributed by atoms with Crippen LogP contribution < -0.4 is 10.1 Å². The molecule has 0 spiro atoms. The first-order chi connectivity index (χ1) is 17.4. The molecule has 2 heterocycles. The Kier molecular flexibility index (Phi) is 8.82. The third-order valence-electron chi connectivity index (χ3n) is 5.80. The van der Waals surface area contributed by atoms with E-state index in [1.807, 2.05) is 18.2 Å². The lowest BCUT2D eigenvalue weighted by molar-refractivity contribution is -0.135. The van der Waals surface area contributed by atoms with Crippen LogP contribution in [0, 0.1) is 0 Å². The number of likely N-dealkylation sites (tertiary alicyclic amines) is 1. The van der Waals surface area contributed by atoms with Gasteiger partial charge in [0, 0.05) is 18.8 Å². The maximum absolute atomic E-state index is 12.9. The van der Waals surface area contributed by atoms with Gasteiger partial charge in [-0.25, -0.2) is 0 Å². The van der Waals surface area contributed by atoms with Gasteiger partial charge >= 0.3 is 0 Å². The number of rotatable bonds is 7. The Balaban J connectivity index is 1.35. The minimum atomic E-state index is -0.470. The van der Waals surface area contributed by atoms with E-state index in [9.17, 15) is 19.2 Å². The van der Waals surface area contributed by atoms with Crippen LogP contribution in [0.25, 0.3) is 6.08 Å². The van der Waals surface area contributed by atoms with E-state index in [4.69, 9.17) is 4.74 Å². The van der Waals surface area contributed by atoms with Gasteiger partial charge in [0.05, 0.1) is 9.38 Å². The van der Waals surface area contributed by atoms with Gasteiger partial charge in [0.15, 0.2) is 6.61 Å². The molecule has 2 aliphatic heterocycles. The molecule has 0 radical (unpaired) electrons. The molecule has 4 amide bonds. The van der Waals surface area contributed by atoms with Crippen molar-refractivity contribution in [2.75, 3.05) is 31.6 Å². The lowest BCUT2D eigenvalue weighted by Crippen LogP contribution is -2.42. The maximum Gasteiger partial charge on any atom is 0.294 e. The molecule has 8 nitrogen and oxygen atoms in total. The summed E-state index contributed by atoms with van der Waals surface area (Å²) >= 11 is 4.25. The minimum absolute atomic E-state index is 0.170. The number of carbonyl (C=O) groups is 4. The van der Waals surface area contributed by atoms with Crippen molar-refractivity contribution in [1.29, 1.82) is 0 Å². The van der Waals surface area contributed by atoms with Gasteiger partial charge in [0.25, 0.3) is 17.1 Å². The minimum Gasteiger partial charge on any atom is -0.483 e. The third kappa shape index (κ3) is 6.76. The number of hydrogen-bond acceptors (Lipinski definition) is 6. The number of anilines is 1. The van der Waals surface area contributed by atoms with Crippen LogP contribution in [0.15, 0.2) is 57.9 Å². The third-order valence-corrected chi connectivity index (χ3v) is 7.32. The number of nitrogens with zero attached hydrogens (tertiary/aromatic N) is 2. The highest BCUT2D eigenvalue weighted by atomic mass is 79.9. The first-order valence-corrected chi connectivity index (χ1v) is 13.3. The Hall–Kier alpha value is -3.11. The number of halogens is 1. The molecule has 0 aromatic heterocycles. The molecule has 2 aromatic rings. The van der Waals surface area contributed by atoms with Crippen LogP contribution in [0.2, 0.25) is 0 Å². The van der Waals surface area contributed by atoms with Crippen molar-refractivity contribution in [2.24, 2.45) is 0 Å². The molecule has 10 heteroatoms. The van der Waals surface area contributed by atoms with Crippen molar-refractivity contribution in [3.05, 3.63) is 63.5 Å². The highest BCUT2D eigenvalue weighted by Crippen LogP contribution is 2.34. The first kappa shape index (κ1) is 26.0. The van der Waals surface area contributed by atoms with Gasteiger partial charge in [-0.15, -0.1) is 0 Å². The Bertz CT molecular complexity index is 1180. The quantitative estimate of drug-likeness (QED) is 0.474. The van der Waals surface area contributed by atoms with Gasteiger partial charge in [0.2, 0.25) is 5.91 Å². The number of para-hydroxylation sites is 1. The number of thioether (sulfide) groups is 1. The molecule has 2 aromatic carbocycles. The Morgan fingerprint density at radius 2 is 1.75 bits per heavy atom. The summed E-state index contributed by atoms with van der Waals surface area (Å²) in [4.78, 5) is 53.1. The predicted molar refractivity (Wildman–Crippen MR) is 142 cm³/mol. The van der Waals surface area contributed by atoms with Gasteiger partial charge in [0.1, 0.15) is 12.3 Å². The predicted octanol–water partition coefficient (Wildman–Crippen LogP) is 4.91. The normalized spacial score (nSPS) is 17.3. The average Bonchev–Trinajstić information content (AvgIpc) is 3.05. The molecule has 188 valence electrons. The van der Waals surface area contributed by atoms with Crippen molar-refractivity contribution in [1.82, 2.24) is 9.80 Å². The van der Waals surface area contributed by atoms with Crippen molar-refractivity contribution < 1.29 is 23.9 Å². The molecule has 0 unspecified atom stereocenters. The number of benzene rings is 2. The van der Waals surface area contributed by atoms with Crippen LogP contribution >= 0.6 is 27.7 Å². The van der Waals surface area contributed by atoms with Crippen molar-refractivity contribution in [3.8, 4) is 5.75 Å². The first-order valence-electron chi connectivity index (χ1n) is 11.7. The second-order valence-corrected chi connectivity index (χ2v) is 10.3. The van der Waals surface area contributed by atoms with Crippen molar-refractivity contribution in [3.63, 3.8) is 0 Å². The van der Waals surface area contributed by atoms with E-state index in [-0.39, 0.29) is 29.9 Å². The number of imide groups is 1. The molecule has 4 rings (SSSR count). The number of ether oxygens (including phenoxy) is 1. The Morgan fingerprint density at radius 3 is 2.44 bits per heavy atom. The van der Waals surface area contributed by atoms with Crippen molar-refractivity contribution in [2.45, 2.75) is 25.7 Å². The summed E-state index contributed by atoms with van der Waals surface area (Å²) in [5.74, 6) is -0.490.